The molecule has 1 aromatic heterocycles. The molecule has 0 saturated carbocycles. The van der Waals surface area contributed by atoms with Gasteiger partial charge < -0.3 is 0 Å². The van der Waals surface area contributed by atoms with Crippen molar-refractivity contribution < 1.29 is 10.7 Å². The van der Waals surface area contributed by atoms with Crippen LogP contribution in [0.4, 0.5) is 5.13 Å². The highest BCUT2D eigenvalue weighted by atomic mass is 32.1. The first-order chi connectivity index (χ1) is 4.83. The van der Waals surface area contributed by atoms with Gasteiger partial charge in [0.15, 0.2) is 0 Å². The van der Waals surface area contributed by atoms with Crippen molar-refractivity contribution in [2.75, 3.05) is 5.48 Å². The van der Waals surface area contributed by atoms with Crippen LogP contribution in [0.3, 0.4) is 0 Å². The van der Waals surface area contributed by atoms with Gasteiger partial charge in [-0.3, -0.25) is 0 Å². The first-order valence-corrected chi connectivity index (χ1v) is 3.50. The number of thiol groups is 1. The van der Waals surface area contributed by atoms with Crippen molar-refractivity contribution in [3.63, 3.8) is 0 Å². The SMILES string of the molecule is Cc1nsc(NOOS)n1.[HH]. The predicted molar refractivity (Wildman–Crippen MR) is 41.5 cm³/mol. The van der Waals surface area contributed by atoms with Crippen LogP contribution in [0.2, 0.25) is 0 Å². The maximum absolute atomic E-state index is 4.25. The van der Waals surface area contributed by atoms with Crippen LogP contribution in [0.25, 0.3) is 0 Å². The van der Waals surface area contributed by atoms with Crippen LogP contribution in [0.15, 0.2) is 0 Å². The molecule has 0 atom stereocenters. The van der Waals surface area contributed by atoms with Crippen molar-refractivity contribution in [2.24, 2.45) is 0 Å². The van der Waals surface area contributed by atoms with Crippen LogP contribution in [0, 0.1) is 6.92 Å². The average molecular weight is 181 g/mol. The van der Waals surface area contributed by atoms with E-state index in [2.05, 4.69) is 37.1 Å². The van der Waals surface area contributed by atoms with E-state index in [4.69, 9.17) is 0 Å². The lowest BCUT2D eigenvalue weighted by atomic mass is 10.8. The summed E-state index contributed by atoms with van der Waals surface area (Å²) in [6.07, 6.45) is 0. The van der Waals surface area contributed by atoms with Gasteiger partial charge in [0.2, 0.25) is 5.13 Å². The van der Waals surface area contributed by atoms with Crippen LogP contribution in [0.5, 0.6) is 0 Å². The lowest BCUT2D eigenvalue weighted by Gasteiger charge is -1.93. The van der Waals surface area contributed by atoms with E-state index >= 15 is 0 Å². The summed E-state index contributed by atoms with van der Waals surface area (Å²) in [6, 6.07) is 0. The fourth-order valence-electron chi connectivity index (χ4n) is 0.393. The summed E-state index contributed by atoms with van der Waals surface area (Å²) in [6.45, 7) is 1.78. The number of anilines is 1. The largest absolute Gasteiger partial charge is 0.229 e. The Labute approximate surface area is 68.5 Å². The Bertz CT molecular complexity index is 208. The van der Waals surface area contributed by atoms with E-state index < -0.39 is 0 Å². The van der Waals surface area contributed by atoms with Gasteiger partial charge in [-0.1, -0.05) is 4.99 Å². The molecule has 1 heterocycles. The van der Waals surface area contributed by atoms with Crippen molar-refractivity contribution in [1.29, 1.82) is 0 Å². The van der Waals surface area contributed by atoms with Gasteiger partial charge in [0.25, 0.3) is 0 Å². The van der Waals surface area contributed by atoms with Crippen LogP contribution in [-0.4, -0.2) is 9.36 Å². The van der Waals surface area contributed by atoms with E-state index in [9.17, 15) is 0 Å². The lowest BCUT2D eigenvalue weighted by Crippen LogP contribution is -1.96. The normalized spacial score (nSPS) is 9.80. The molecule has 0 aliphatic carbocycles. The van der Waals surface area contributed by atoms with Gasteiger partial charge >= 0.3 is 0 Å². The van der Waals surface area contributed by atoms with Gasteiger partial charge in [-0.05, 0) is 6.92 Å². The highest BCUT2D eigenvalue weighted by Gasteiger charge is 1.97. The molecule has 58 valence electrons. The van der Waals surface area contributed by atoms with E-state index in [1.165, 1.54) is 11.5 Å². The highest BCUT2D eigenvalue weighted by molar-refractivity contribution is 7.74. The molecule has 0 spiro atoms. The van der Waals surface area contributed by atoms with Gasteiger partial charge in [-0.25, -0.2) is 10.5 Å². The van der Waals surface area contributed by atoms with Crippen LogP contribution in [0.1, 0.15) is 7.25 Å². The third-order valence-corrected chi connectivity index (χ3v) is 1.47. The summed E-state index contributed by atoms with van der Waals surface area (Å²) in [5, 5.41) is 0.534. The number of nitrogens with zero attached hydrogens (tertiary/aromatic N) is 2. The predicted octanol–water partition coefficient (Wildman–Crippen LogP) is 1.21. The first-order valence-electron chi connectivity index (χ1n) is 2.36. The van der Waals surface area contributed by atoms with E-state index in [-0.39, 0.29) is 1.43 Å². The zero-order chi connectivity index (χ0) is 7.40. The topological polar surface area (TPSA) is 56.3 Å². The molecule has 1 rings (SSSR count). The molecule has 10 heavy (non-hydrogen) atoms. The zero-order valence-corrected chi connectivity index (χ0v) is 6.78. The third kappa shape index (κ3) is 2.10. The molecule has 0 unspecified atom stereocenters. The summed E-state index contributed by atoms with van der Waals surface area (Å²) in [4.78, 5) is 8.16. The number of hydrogen-bond acceptors (Lipinski definition) is 7. The summed E-state index contributed by atoms with van der Waals surface area (Å²) >= 11 is 4.51. The van der Waals surface area contributed by atoms with E-state index in [0.29, 0.717) is 11.0 Å². The number of nitrogens with one attached hydrogen (secondary N) is 1. The van der Waals surface area contributed by atoms with Gasteiger partial charge in [-0.2, -0.15) is 4.37 Å². The van der Waals surface area contributed by atoms with Crippen LogP contribution in [-0.2, 0) is 9.32 Å². The molecule has 0 bridgehead atoms. The zero-order valence-electron chi connectivity index (χ0n) is 5.07. The molecule has 5 nitrogen and oxygen atoms in total. The maximum atomic E-state index is 4.25. The molecule has 0 amide bonds. The monoisotopic (exact) mass is 181 g/mol. The molecule has 0 radical (unpaired) electrons. The van der Waals surface area contributed by atoms with Gasteiger partial charge in [0.1, 0.15) is 5.82 Å². The van der Waals surface area contributed by atoms with Crippen molar-refractivity contribution in [1.82, 2.24) is 9.36 Å². The summed E-state index contributed by atoms with van der Waals surface area (Å²) < 4.78 is 7.85. The lowest BCUT2D eigenvalue weighted by molar-refractivity contribution is -0.158. The van der Waals surface area contributed by atoms with Crippen LogP contribution >= 0.6 is 24.4 Å². The molecule has 1 N–H and O–H groups in total. The second-order valence-electron chi connectivity index (χ2n) is 1.41. The van der Waals surface area contributed by atoms with Crippen LogP contribution < -0.4 is 5.48 Å². The fourth-order valence-corrected chi connectivity index (χ4v) is 0.934. The minimum Gasteiger partial charge on any atom is -0.206 e. The molecule has 1 aromatic rings. The fraction of sp³-hybridized carbons (Fsp3) is 0.333. The third-order valence-electron chi connectivity index (χ3n) is 0.694. The van der Waals surface area contributed by atoms with E-state index in [1.807, 2.05) is 0 Å². The van der Waals surface area contributed by atoms with Gasteiger partial charge in [0.05, 0.1) is 0 Å². The Hall–Kier alpha value is -0.370. The van der Waals surface area contributed by atoms with Crippen molar-refractivity contribution in [3.05, 3.63) is 5.82 Å². The van der Waals surface area contributed by atoms with Crippen molar-refractivity contribution in [2.45, 2.75) is 6.92 Å². The Balaban J connectivity index is 0.000001000. The Morgan fingerprint density at radius 1 is 1.80 bits per heavy atom. The number of rotatable bonds is 3. The Morgan fingerprint density at radius 3 is 3.10 bits per heavy atom. The summed E-state index contributed by atoms with van der Waals surface area (Å²) in [5.41, 5.74) is 2.36. The number of hydrogen-bond donors (Lipinski definition) is 2. The standard InChI is InChI=1S/C3H5N3O2S2.H2/c1-2-4-3(10-6-2)5-7-8-9;/h9H,1H3,(H,4,5,6);1H. The first kappa shape index (κ1) is 7.73. The maximum Gasteiger partial charge on any atom is 0.229 e. The molecular formula is C3H7N3O2S2. The molecule has 0 aliphatic heterocycles. The number of aromatic nitrogens is 2. The minimum atomic E-state index is 0. The molecule has 7 heteroatoms. The number of aryl methyl sites for hydroxylation is 1. The van der Waals surface area contributed by atoms with Crippen molar-refractivity contribution in [3.8, 4) is 0 Å². The van der Waals surface area contributed by atoms with E-state index in [0.717, 1.165) is 0 Å². The molecule has 0 fully saturated rings. The molecule has 0 saturated heterocycles. The van der Waals surface area contributed by atoms with Gasteiger partial charge in [-0.15, -0.1) is 4.33 Å². The molecular weight excluding hydrogens is 174 g/mol. The second-order valence-corrected chi connectivity index (χ2v) is 2.31. The average Bonchev–Trinajstić information content (AvgIpc) is 2.31. The summed E-state index contributed by atoms with van der Waals surface area (Å²) in [5.74, 6) is 0.690. The van der Waals surface area contributed by atoms with Crippen molar-refractivity contribution >= 4 is 29.6 Å². The second kappa shape index (κ2) is 3.71. The molecule has 0 aromatic carbocycles. The molecule has 0 aliphatic rings. The summed E-state index contributed by atoms with van der Waals surface area (Å²) in [7, 11) is 0. The Morgan fingerprint density at radius 2 is 2.60 bits per heavy atom. The smallest absolute Gasteiger partial charge is 0.206 e. The minimum absolute atomic E-state index is 0. The van der Waals surface area contributed by atoms with E-state index in [1.54, 1.807) is 6.92 Å². The van der Waals surface area contributed by atoms with Gasteiger partial charge in [0, 0.05) is 25.9 Å². The highest BCUT2D eigenvalue weighted by Crippen LogP contribution is 2.09. The Kier molecular flexibility index (Phi) is 2.87. The quantitative estimate of drug-likeness (QED) is 0.318.